The second kappa shape index (κ2) is 12.3. The van der Waals surface area contributed by atoms with Crippen LogP contribution >= 0.6 is 0 Å². The average Bonchev–Trinajstić information content (AvgIpc) is 3.18. The van der Waals surface area contributed by atoms with Crippen molar-refractivity contribution in [1.82, 2.24) is 16.0 Å². The summed E-state index contributed by atoms with van der Waals surface area (Å²) >= 11 is 0. The topological polar surface area (TPSA) is 123 Å². The van der Waals surface area contributed by atoms with E-state index in [-0.39, 0.29) is 18.4 Å². The molecule has 0 bridgehead atoms. The first-order valence-electron chi connectivity index (χ1n) is 13.2. The summed E-state index contributed by atoms with van der Waals surface area (Å²) in [4.78, 5) is 50.5. The van der Waals surface area contributed by atoms with Crippen molar-refractivity contribution >= 4 is 23.9 Å². The molecule has 9 heteroatoms. The van der Waals surface area contributed by atoms with Crippen molar-refractivity contribution in [2.75, 3.05) is 6.61 Å². The molecule has 0 fully saturated rings. The fourth-order valence-electron chi connectivity index (χ4n) is 4.45. The first-order chi connectivity index (χ1) is 18.3. The van der Waals surface area contributed by atoms with Gasteiger partial charge in [0.1, 0.15) is 30.3 Å². The van der Waals surface area contributed by atoms with Crippen molar-refractivity contribution in [3.8, 4) is 11.1 Å². The minimum absolute atomic E-state index is 0.103. The number of fused-ring (bicyclic) bond motifs is 3. The molecule has 3 rings (SSSR count). The van der Waals surface area contributed by atoms with E-state index in [1.165, 1.54) is 13.8 Å². The number of alkyl carbamates (subject to hydrolysis) is 1. The SMILES string of the molecule is CC(C)[C@H](NC(=O)[C@H](C)NC(=O)OCC1c2ccccc2-c2ccccc21)C(=O)N[C@H](C)C(=O)OC(C)(C)C. The number of esters is 1. The maximum absolute atomic E-state index is 12.9. The molecule has 2 aromatic rings. The molecule has 3 N–H and O–H groups in total. The summed E-state index contributed by atoms with van der Waals surface area (Å²) in [6, 6.07) is 13.3. The molecular formula is C30H39N3O6. The number of benzene rings is 2. The largest absolute Gasteiger partial charge is 0.458 e. The number of nitrogens with one attached hydrogen (secondary N) is 3. The molecule has 0 radical (unpaired) electrons. The van der Waals surface area contributed by atoms with Gasteiger partial charge >= 0.3 is 12.1 Å². The van der Waals surface area contributed by atoms with Crippen molar-refractivity contribution < 1.29 is 28.7 Å². The summed E-state index contributed by atoms with van der Waals surface area (Å²) in [6.07, 6.45) is -0.733. The Labute approximate surface area is 230 Å². The van der Waals surface area contributed by atoms with Crippen LogP contribution < -0.4 is 16.0 Å². The second-order valence-electron chi connectivity index (χ2n) is 11.2. The highest BCUT2D eigenvalue weighted by Crippen LogP contribution is 2.44. The van der Waals surface area contributed by atoms with Gasteiger partial charge in [0, 0.05) is 5.92 Å². The van der Waals surface area contributed by atoms with E-state index in [4.69, 9.17) is 9.47 Å². The van der Waals surface area contributed by atoms with Crippen LogP contribution in [0.15, 0.2) is 48.5 Å². The third kappa shape index (κ3) is 7.59. The van der Waals surface area contributed by atoms with Gasteiger partial charge in [-0.1, -0.05) is 62.4 Å². The van der Waals surface area contributed by atoms with E-state index in [0.717, 1.165) is 22.3 Å². The Morgan fingerprint density at radius 3 is 1.82 bits per heavy atom. The number of rotatable bonds is 9. The van der Waals surface area contributed by atoms with Crippen molar-refractivity contribution in [1.29, 1.82) is 0 Å². The summed E-state index contributed by atoms with van der Waals surface area (Å²) in [5.74, 6) is -2.03. The lowest BCUT2D eigenvalue weighted by Crippen LogP contribution is -2.56. The number of ether oxygens (including phenoxy) is 2. The van der Waals surface area contributed by atoms with Crippen LogP contribution in [0.2, 0.25) is 0 Å². The molecule has 0 saturated carbocycles. The highest BCUT2D eigenvalue weighted by Gasteiger charge is 2.32. The van der Waals surface area contributed by atoms with Crippen LogP contribution in [0.25, 0.3) is 11.1 Å². The third-order valence-electron chi connectivity index (χ3n) is 6.44. The van der Waals surface area contributed by atoms with E-state index in [1.807, 2.05) is 36.4 Å². The minimum Gasteiger partial charge on any atom is -0.458 e. The molecule has 9 nitrogen and oxygen atoms in total. The van der Waals surface area contributed by atoms with Gasteiger partial charge in [-0.05, 0) is 62.8 Å². The first-order valence-corrected chi connectivity index (χ1v) is 13.2. The zero-order chi connectivity index (χ0) is 28.9. The van der Waals surface area contributed by atoms with Gasteiger partial charge in [0.05, 0.1) is 0 Å². The first kappa shape index (κ1) is 29.7. The quantitative estimate of drug-likeness (QED) is 0.417. The van der Waals surface area contributed by atoms with Crippen LogP contribution in [0.5, 0.6) is 0 Å². The number of carbonyl (C=O) groups excluding carboxylic acids is 4. The Balaban J connectivity index is 1.54. The fourth-order valence-corrected chi connectivity index (χ4v) is 4.45. The van der Waals surface area contributed by atoms with Crippen molar-refractivity contribution in [2.45, 2.75) is 78.1 Å². The normalized spacial score (nSPS) is 14.9. The monoisotopic (exact) mass is 537 g/mol. The standard InChI is InChI=1S/C30H39N3O6/c1-17(2)25(27(35)31-19(4)28(36)39-30(5,6)7)33-26(34)18(3)32-29(37)38-16-24-22-14-10-8-12-20(22)21-13-9-11-15-23(21)24/h8-15,17-19,24-25H,16H2,1-7H3,(H,31,35)(H,32,37)(H,33,34)/t18-,19+,25-/m0/s1. The van der Waals surface area contributed by atoms with Crippen molar-refractivity contribution in [2.24, 2.45) is 5.92 Å². The van der Waals surface area contributed by atoms with E-state index in [2.05, 4.69) is 28.1 Å². The number of amides is 3. The Morgan fingerprint density at radius 1 is 0.769 bits per heavy atom. The van der Waals surface area contributed by atoms with Gasteiger partial charge in [0.15, 0.2) is 0 Å². The average molecular weight is 538 g/mol. The van der Waals surface area contributed by atoms with E-state index >= 15 is 0 Å². The Morgan fingerprint density at radius 2 is 1.31 bits per heavy atom. The molecule has 0 heterocycles. The maximum Gasteiger partial charge on any atom is 0.407 e. The molecular weight excluding hydrogens is 498 g/mol. The summed E-state index contributed by atoms with van der Waals surface area (Å²) < 4.78 is 10.8. The predicted molar refractivity (Wildman–Crippen MR) is 148 cm³/mol. The summed E-state index contributed by atoms with van der Waals surface area (Å²) in [6.45, 7) is 11.9. The number of carbonyl (C=O) groups is 4. The lowest BCUT2D eigenvalue weighted by molar-refractivity contribution is -0.158. The van der Waals surface area contributed by atoms with Gasteiger partial charge < -0.3 is 25.4 Å². The predicted octanol–water partition coefficient (Wildman–Crippen LogP) is 3.90. The number of hydrogen-bond acceptors (Lipinski definition) is 6. The van der Waals surface area contributed by atoms with Crippen LogP contribution in [-0.2, 0) is 23.9 Å². The zero-order valence-electron chi connectivity index (χ0n) is 23.7. The molecule has 0 unspecified atom stereocenters. The molecule has 0 spiro atoms. The fraction of sp³-hybridized carbons (Fsp3) is 0.467. The van der Waals surface area contributed by atoms with Crippen LogP contribution in [0.3, 0.4) is 0 Å². The molecule has 1 aliphatic rings. The Kier molecular flexibility index (Phi) is 9.37. The molecule has 3 amide bonds. The van der Waals surface area contributed by atoms with Crippen LogP contribution in [0.4, 0.5) is 4.79 Å². The van der Waals surface area contributed by atoms with E-state index in [1.54, 1.807) is 34.6 Å². The number of hydrogen-bond donors (Lipinski definition) is 3. The van der Waals surface area contributed by atoms with E-state index in [0.29, 0.717) is 0 Å². The lowest BCUT2D eigenvalue weighted by Gasteiger charge is -2.26. The maximum atomic E-state index is 12.9. The van der Waals surface area contributed by atoms with Gasteiger partial charge in [-0.2, -0.15) is 0 Å². The summed E-state index contributed by atoms with van der Waals surface area (Å²) in [5.41, 5.74) is 3.72. The van der Waals surface area contributed by atoms with Gasteiger partial charge in [-0.25, -0.2) is 9.59 Å². The van der Waals surface area contributed by atoms with Crippen LogP contribution in [0.1, 0.15) is 65.5 Å². The zero-order valence-corrected chi connectivity index (χ0v) is 23.7. The van der Waals surface area contributed by atoms with Gasteiger partial charge in [0.25, 0.3) is 0 Å². The molecule has 0 aliphatic heterocycles. The van der Waals surface area contributed by atoms with Gasteiger partial charge in [-0.3, -0.25) is 9.59 Å². The summed E-state index contributed by atoms with van der Waals surface area (Å²) in [5, 5.41) is 7.80. The Hall–Kier alpha value is -3.88. The van der Waals surface area contributed by atoms with E-state index in [9.17, 15) is 19.2 Å². The van der Waals surface area contributed by atoms with Gasteiger partial charge in [0.2, 0.25) is 11.8 Å². The highest BCUT2D eigenvalue weighted by molar-refractivity contribution is 5.93. The minimum atomic E-state index is -0.960. The van der Waals surface area contributed by atoms with Crippen LogP contribution in [0, 0.1) is 5.92 Å². The molecule has 39 heavy (non-hydrogen) atoms. The molecule has 0 saturated heterocycles. The van der Waals surface area contributed by atoms with Crippen LogP contribution in [-0.4, -0.2) is 54.2 Å². The summed E-state index contributed by atoms with van der Waals surface area (Å²) in [7, 11) is 0. The van der Waals surface area contributed by atoms with Crippen molar-refractivity contribution in [3.63, 3.8) is 0 Å². The molecule has 1 aliphatic carbocycles. The lowest BCUT2D eigenvalue weighted by atomic mass is 9.98. The molecule has 3 atom stereocenters. The molecule has 2 aromatic carbocycles. The second-order valence-corrected chi connectivity index (χ2v) is 11.2. The highest BCUT2D eigenvalue weighted by atomic mass is 16.6. The molecule has 0 aromatic heterocycles. The smallest absolute Gasteiger partial charge is 0.407 e. The Bertz CT molecular complexity index is 1170. The van der Waals surface area contributed by atoms with Gasteiger partial charge in [-0.15, -0.1) is 0 Å². The van der Waals surface area contributed by atoms with E-state index < -0.39 is 47.6 Å². The third-order valence-corrected chi connectivity index (χ3v) is 6.44. The molecule has 210 valence electrons. The van der Waals surface area contributed by atoms with Crippen molar-refractivity contribution in [3.05, 3.63) is 59.7 Å².